The molecular formula is C15H16FN5O2S2. The molecule has 7 nitrogen and oxygen atoms in total. The second-order valence-electron chi connectivity index (χ2n) is 6.08. The molecule has 0 aliphatic heterocycles. The van der Waals surface area contributed by atoms with Crippen LogP contribution < -0.4 is 4.72 Å². The molecule has 2 aromatic heterocycles. The zero-order chi connectivity index (χ0) is 17.6. The third-order valence-corrected chi connectivity index (χ3v) is 6.49. The molecule has 0 unspecified atom stereocenters. The summed E-state index contributed by atoms with van der Waals surface area (Å²) in [7, 11) is -3.67. The van der Waals surface area contributed by atoms with Gasteiger partial charge in [-0.1, -0.05) is 11.3 Å². The van der Waals surface area contributed by atoms with Crippen LogP contribution >= 0.6 is 11.3 Å². The van der Waals surface area contributed by atoms with Gasteiger partial charge in [-0.3, -0.25) is 0 Å². The van der Waals surface area contributed by atoms with Gasteiger partial charge in [0.25, 0.3) is 0 Å². The Balaban J connectivity index is 1.43. The fourth-order valence-corrected chi connectivity index (χ4v) is 4.49. The van der Waals surface area contributed by atoms with Gasteiger partial charge in [0.05, 0.1) is 4.90 Å². The van der Waals surface area contributed by atoms with Crippen LogP contribution in [0, 0.1) is 12.7 Å². The van der Waals surface area contributed by atoms with Crippen LogP contribution in [0.4, 0.5) is 4.39 Å². The number of nitrogens with one attached hydrogen (secondary N) is 1. The van der Waals surface area contributed by atoms with E-state index in [9.17, 15) is 12.8 Å². The highest BCUT2D eigenvalue weighted by Crippen LogP contribution is 2.39. The highest BCUT2D eigenvalue weighted by atomic mass is 32.2. The summed E-state index contributed by atoms with van der Waals surface area (Å²) < 4.78 is 42.1. The zero-order valence-electron chi connectivity index (χ0n) is 13.4. The predicted molar refractivity (Wildman–Crippen MR) is 90.7 cm³/mol. The Bertz CT molecular complexity index is 1040. The molecule has 1 aliphatic carbocycles. The van der Waals surface area contributed by atoms with Gasteiger partial charge in [0, 0.05) is 18.9 Å². The fraction of sp³-hybridized carbons (Fsp3) is 0.400. The Kier molecular flexibility index (Phi) is 4.05. The van der Waals surface area contributed by atoms with Gasteiger partial charge in [-0.25, -0.2) is 17.5 Å². The average Bonchev–Trinajstić information content (AvgIpc) is 3.20. The standard InChI is InChI=1S/C15H16FN5O2S2/c1-9-8-11(4-5-12(9)16)25(22,23)17-7-6-13-20-21-14(10-2-3-10)18-19-15(21)24-13/h4-5,8,10,17H,2-3,6-7H2,1H3. The Morgan fingerprint density at radius 1 is 1.36 bits per heavy atom. The van der Waals surface area contributed by atoms with Crippen molar-refractivity contribution >= 4 is 26.3 Å². The van der Waals surface area contributed by atoms with E-state index >= 15 is 0 Å². The lowest BCUT2D eigenvalue weighted by atomic mass is 10.2. The maximum Gasteiger partial charge on any atom is 0.240 e. The first-order valence-corrected chi connectivity index (χ1v) is 10.2. The minimum atomic E-state index is -3.67. The molecule has 0 atom stereocenters. The van der Waals surface area contributed by atoms with Crippen molar-refractivity contribution in [2.24, 2.45) is 0 Å². The van der Waals surface area contributed by atoms with E-state index in [0.29, 0.717) is 17.9 Å². The normalized spacial score (nSPS) is 15.1. The Morgan fingerprint density at radius 3 is 2.88 bits per heavy atom. The van der Waals surface area contributed by atoms with Gasteiger partial charge in [-0.2, -0.15) is 9.61 Å². The van der Waals surface area contributed by atoms with Crippen molar-refractivity contribution < 1.29 is 12.8 Å². The third-order valence-electron chi connectivity index (χ3n) is 4.07. The monoisotopic (exact) mass is 381 g/mol. The number of sulfonamides is 1. The van der Waals surface area contributed by atoms with Gasteiger partial charge < -0.3 is 0 Å². The van der Waals surface area contributed by atoms with E-state index in [1.165, 1.54) is 30.4 Å². The average molecular weight is 381 g/mol. The number of aromatic nitrogens is 4. The molecule has 25 heavy (non-hydrogen) atoms. The molecule has 1 aliphatic rings. The number of benzene rings is 1. The van der Waals surface area contributed by atoms with E-state index in [2.05, 4.69) is 20.0 Å². The van der Waals surface area contributed by atoms with Crippen LogP contribution in [0.5, 0.6) is 0 Å². The second kappa shape index (κ2) is 6.11. The molecule has 0 amide bonds. The van der Waals surface area contributed by atoms with E-state index in [0.717, 1.165) is 34.7 Å². The molecule has 10 heteroatoms. The molecule has 1 N–H and O–H groups in total. The fourth-order valence-electron chi connectivity index (χ4n) is 2.53. The molecule has 1 aromatic carbocycles. The summed E-state index contributed by atoms with van der Waals surface area (Å²) in [5.74, 6) is 0.912. The highest BCUT2D eigenvalue weighted by Gasteiger charge is 2.30. The molecule has 2 heterocycles. The number of nitrogens with zero attached hydrogens (tertiary/aromatic N) is 4. The lowest BCUT2D eigenvalue weighted by Crippen LogP contribution is -2.26. The summed E-state index contributed by atoms with van der Waals surface area (Å²) in [6, 6.07) is 3.74. The summed E-state index contributed by atoms with van der Waals surface area (Å²) in [5, 5.41) is 13.5. The predicted octanol–water partition coefficient (Wildman–Crippen LogP) is 2.03. The van der Waals surface area contributed by atoms with Gasteiger partial charge in [-0.15, -0.1) is 10.2 Å². The number of halogens is 1. The van der Waals surface area contributed by atoms with Gasteiger partial charge in [0.2, 0.25) is 15.0 Å². The number of hydrogen-bond donors (Lipinski definition) is 1. The first kappa shape index (κ1) is 16.6. The number of hydrogen-bond acceptors (Lipinski definition) is 6. The summed E-state index contributed by atoms with van der Waals surface area (Å²) in [5.41, 5.74) is 0.295. The number of rotatable bonds is 6. The van der Waals surface area contributed by atoms with E-state index in [1.54, 1.807) is 4.52 Å². The first-order chi connectivity index (χ1) is 11.9. The number of fused-ring (bicyclic) bond motifs is 1. The Hall–Kier alpha value is -1.91. The van der Waals surface area contributed by atoms with Crippen molar-refractivity contribution in [3.05, 3.63) is 40.4 Å². The van der Waals surface area contributed by atoms with Crippen LogP contribution in [0.1, 0.15) is 35.2 Å². The van der Waals surface area contributed by atoms with E-state index < -0.39 is 15.8 Å². The number of aryl methyl sites for hydroxylation is 1. The van der Waals surface area contributed by atoms with Crippen LogP contribution in [0.2, 0.25) is 0 Å². The van der Waals surface area contributed by atoms with E-state index in [1.807, 2.05) is 0 Å². The molecule has 0 spiro atoms. The summed E-state index contributed by atoms with van der Waals surface area (Å²) in [6.07, 6.45) is 2.69. The maximum absolute atomic E-state index is 13.3. The first-order valence-electron chi connectivity index (χ1n) is 7.91. The van der Waals surface area contributed by atoms with Crippen LogP contribution in [0.25, 0.3) is 4.96 Å². The summed E-state index contributed by atoms with van der Waals surface area (Å²) in [4.78, 5) is 0.787. The van der Waals surface area contributed by atoms with E-state index in [4.69, 9.17) is 0 Å². The van der Waals surface area contributed by atoms with Crippen LogP contribution in [0.3, 0.4) is 0 Å². The van der Waals surface area contributed by atoms with Gasteiger partial charge in [0.15, 0.2) is 5.82 Å². The quantitative estimate of drug-likeness (QED) is 0.706. The largest absolute Gasteiger partial charge is 0.240 e. The van der Waals surface area contributed by atoms with Gasteiger partial charge >= 0.3 is 0 Å². The SMILES string of the molecule is Cc1cc(S(=O)(=O)NCCc2nn3c(C4CC4)nnc3s2)ccc1F. The van der Waals surface area contributed by atoms with Crippen LogP contribution in [-0.4, -0.2) is 34.8 Å². The maximum atomic E-state index is 13.3. The van der Waals surface area contributed by atoms with Crippen molar-refractivity contribution in [2.45, 2.75) is 37.0 Å². The summed E-state index contributed by atoms with van der Waals surface area (Å²) in [6.45, 7) is 1.74. The van der Waals surface area contributed by atoms with Crippen molar-refractivity contribution in [1.82, 2.24) is 24.5 Å². The molecular weight excluding hydrogens is 365 g/mol. The molecule has 1 saturated carbocycles. The molecule has 3 aromatic rings. The Labute approximate surface area is 148 Å². The van der Waals surface area contributed by atoms with Crippen molar-refractivity contribution in [3.63, 3.8) is 0 Å². The molecule has 132 valence electrons. The smallest absolute Gasteiger partial charge is 0.211 e. The molecule has 0 saturated heterocycles. The minimum Gasteiger partial charge on any atom is -0.211 e. The van der Waals surface area contributed by atoms with Crippen LogP contribution in [-0.2, 0) is 16.4 Å². The second-order valence-corrected chi connectivity index (χ2v) is 8.89. The third kappa shape index (κ3) is 3.29. The van der Waals surface area contributed by atoms with Crippen molar-refractivity contribution in [3.8, 4) is 0 Å². The van der Waals surface area contributed by atoms with Crippen LogP contribution in [0.15, 0.2) is 23.1 Å². The lowest BCUT2D eigenvalue weighted by molar-refractivity contribution is 0.579. The highest BCUT2D eigenvalue weighted by molar-refractivity contribution is 7.89. The Morgan fingerprint density at radius 2 is 2.16 bits per heavy atom. The van der Waals surface area contributed by atoms with Crippen molar-refractivity contribution in [2.75, 3.05) is 6.54 Å². The van der Waals surface area contributed by atoms with Gasteiger partial charge in [0.1, 0.15) is 10.8 Å². The van der Waals surface area contributed by atoms with E-state index in [-0.39, 0.29) is 11.4 Å². The topological polar surface area (TPSA) is 89.2 Å². The molecule has 0 bridgehead atoms. The van der Waals surface area contributed by atoms with Crippen molar-refractivity contribution in [1.29, 1.82) is 0 Å². The summed E-state index contributed by atoms with van der Waals surface area (Å²) >= 11 is 1.41. The zero-order valence-corrected chi connectivity index (χ0v) is 15.1. The minimum absolute atomic E-state index is 0.0561. The lowest BCUT2D eigenvalue weighted by Gasteiger charge is -2.07. The molecule has 1 fully saturated rings. The molecule has 0 radical (unpaired) electrons. The molecule has 4 rings (SSSR count). The van der Waals surface area contributed by atoms with Gasteiger partial charge in [-0.05, 0) is 43.5 Å².